The minimum atomic E-state index is -0.328. The number of benzene rings is 4. The van der Waals surface area contributed by atoms with Gasteiger partial charge < -0.3 is 19.2 Å². The van der Waals surface area contributed by atoms with Gasteiger partial charge in [0.2, 0.25) is 0 Å². The molecule has 0 atom stereocenters. The molecule has 4 aromatic carbocycles. The third kappa shape index (κ3) is 10.1. The Bertz CT molecular complexity index is 913. The van der Waals surface area contributed by atoms with Gasteiger partial charge in [-0.15, -0.1) is 0 Å². The third-order valence-corrected chi connectivity index (χ3v) is 10.3. The van der Waals surface area contributed by atoms with Crippen LogP contribution in [0.1, 0.15) is 1.43 Å². The standard InChI is InChI=1S/C28H29NP2.CO.ClH.Ru.H/c1-5-13-25(14-6-1)30(26-15-7-2-8-16-26)23-21-29-22-24-31(27-17-9-3-10-18-27)28-19-11-4-12-20-28;1-2;;;/h1-20,29H,21-24H2;;1H;;/q;;;+2;-1/p-1. The fourth-order valence-corrected chi connectivity index (χ4v) is 8.27. The van der Waals surface area contributed by atoms with Crippen molar-refractivity contribution in [3.63, 3.8) is 0 Å². The normalized spacial score (nSPS) is 9.94. The Labute approximate surface area is 232 Å². The van der Waals surface area contributed by atoms with E-state index in [0.717, 1.165) is 25.4 Å². The zero-order valence-corrected chi connectivity index (χ0v) is 23.7. The predicted octanol–water partition coefficient (Wildman–Crippen LogP) is 1.92. The molecule has 0 fully saturated rings. The van der Waals surface area contributed by atoms with Crippen molar-refractivity contribution in [3.05, 3.63) is 128 Å². The van der Waals surface area contributed by atoms with E-state index in [9.17, 15) is 0 Å². The first-order valence-corrected chi connectivity index (χ1v) is 14.1. The fraction of sp³-hybridized carbons (Fsp3) is 0.138. The summed E-state index contributed by atoms with van der Waals surface area (Å²) in [6.07, 6.45) is 2.33. The molecule has 6 heteroatoms. The topological polar surface area (TPSA) is 31.9 Å². The Morgan fingerprint density at radius 2 is 0.743 bits per heavy atom. The second-order valence-corrected chi connectivity index (χ2v) is 12.1. The molecule has 4 rings (SSSR count). The number of hydrogen-bond acceptors (Lipinski definition) is 1. The van der Waals surface area contributed by atoms with Crippen molar-refractivity contribution >= 4 is 37.1 Å². The second-order valence-electron chi connectivity index (χ2n) is 7.40. The quantitative estimate of drug-likeness (QED) is 0.0967. The Morgan fingerprint density at radius 3 is 0.971 bits per heavy atom. The van der Waals surface area contributed by atoms with E-state index in [1.165, 1.54) is 21.2 Å². The SMILES string of the molecule is [C-]#[O+].[Cl-].[H-].[Ru+2].c1ccc(P(CCNCCP(c2ccccc2)c2ccccc2)c2ccccc2)cc1. The smallest absolute Gasteiger partial charge is 1.00 e. The summed E-state index contributed by atoms with van der Waals surface area (Å²) in [7, 11) is -0.655. The first-order chi connectivity index (χ1) is 16.4. The predicted molar refractivity (Wildman–Crippen MR) is 146 cm³/mol. The molecular weight excluding hydrogens is 577 g/mol. The molecule has 0 bridgehead atoms. The van der Waals surface area contributed by atoms with E-state index in [-0.39, 0.29) is 49.2 Å². The molecule has 0 aromatic heterocycles. The van der Waals surface area contributed by atoms with E-state index >= 15 is 0 Å². The van der Waals surface area contributed by atoms with Gasteiger partial charge in [0, 0.05) is 0 Å². The Kier molecular flexibility index (Phi) is 16.7. The van der Waals surface area contributed by atoms with Gasteiger partial charge in [-0.25, -0.2) is 0 Å². The van der Waals surface area contributed by atoms with Gasteiger partial charge in [-0.3, -0.25) is 0 Å². The minimum absolute atomic E-state index is 0. The molecule has 0 heterocycles. The molecular formula is C29H30ClNOP2Ru. The van der Waals surface area contributed by atoms with Crippen LogP contribution in [0.25, 0.3) is 0 Å². The maximum Gasteiger partial charge on any atom is 2.00 e. The Balaban J connectivity index is 0.00000239. The van der Waals surface area contributed by atoms with Crippen molar-refractivity contribution in [2.45, 2.75) is 0 Å². The van der Waals surface area contributed by atoms with Gasteiger partial charge in [0.1, 0.15) is 0 Å². The summed E-state index contributed by atoms with van der Waals surface area (Å²) in [5.41, 5.74) is 0. The van der Waals surface area contributed by atoms with E-state index < -0.39 is 0 Å². The van der Waals surface area contributed by atoms with Crippen molar-refractivity contribution in [2.75, 3.05) is 25.4 Å². The largest absolute Gasteiger partial charge is 2.00 e. The first-order valence-electron chi connectivity index (χ1n) is 11.1. The molecule has 182 valence electrons. The molecule has 4 aromatic rings. The Hall–Kier alpha value is -1.65. The molecule has 0 aliphatic rings. The molecule has 2 nitrogen and oxygen atoms in total. The van der Waals surface area contributed by atoms with Crippen LogP contribution in [-0.2, 0) is 24.1 Å². The summed E-state index contributed by atoms with van der Waals surface area (Å²) < 4.78 is 7.50. The van der Waals surface area contributed by atoms with Gasteiger partial charge in [0.15, 0.2) is 0 Å². The van der Waals surface area contributed by atoms with Gasteiger partial charge in [-0.1, -0.05) is 121 Å². The summed E-state index contributed by atoms with van der Waals surface area (Å²) >= 11 is 0. The van der Waals surface area contributed by atoms with E-state index in [1.807, 2.05) is 0 Å². The molecule has 0 unspecified atom stereocenters. The van der Waals surface area contributed by atoms with Crippen molar-refractivity contribution in [3.8, 4) is 0 Å². The monoisotopic (exact) mass is 607 g/mol. The summed E-state index contributed by atoms with van der Waals surface area (Å²) in [5.74, 6) is 0. The molecule has 35 heavy (non-hydrogen) atoms. The third-order valence-electron chi connectivity index (χ3n) is 5.30. The van der Waals surface area contributed by atoms with Crippen LogP contribution in [0.5, 0.6) is 0 Å². The number of hydrogen-bond donors (Lipinski definition) is 1. The molecule has 0 saturated carbocycles. The van der Waals surface area contributed by atoms with Gasteiger partial charge in [0.05, 0.1) is 0 Å². The summed E-state index contributed by atoms with van der Waals surface area (Å²) in [6, 6.07) is 44.0. The molecule has 0 radical (unpaired) electrons. The van der Waals surface area contributed by atoms with Crippen LogP contribution in [-0.4, -0.2) is 25.4 Å². The van der Waals surface area contributed by atoms with Crippen LogP contribution < -0.4 is 38.9 Å². The van der Waals surface area contributed by atoms with Crippen LogP contribution in [0, 0.1) is 6.65 Å². The first kappa shape index (κ1) is 31.4. The molecule has 0 amide bonds. The van der Waals surface area contributed by atoms with E-state index in [4.69, 9.17) is 4.65 Å². The van der Waals surface area contributed by atoms with Crippen molar-refractivity contribution in [1.29, 1.82) is 0 Å². The van der Waals surface area contributed by atoms with Crippen molar-refractivity contribution in [1.82, 2.24) is 5.32 Å². The van der Waals surface area contributed by atoms with Crippen molar-refractivity contribution < 1.29 is 38.0 Å². The fourth-order valence-electron chi connectivity index (χ4n) is 3.75. The van der Waals surface area contributed by atoms with Gasteiger partial charge in [-0.05, 0) is 62.5 Å². The van der Waals surface area contributed by atoms with Crippen molar-refractivity contribution in [2.24, 2.45) is 0 Å². The van der Waals surface area contributed by atoms with E-state index in [2.05, 4.69) is 133 Å². The maximum absolute atomic E-state index is 7.50. The zero-order valence-electron chi connectivity index (χ0n) is 20.4. The van der Waals surface area contributed by atoms with E-state index in [0.29, 0.717) is 0 Å². The summed E-state index contributed by atoms with van der Waals surface area (Å²) in [4.78, 5) is 0. The van der Waals surface area contributed by atoms with Crippen LogP contribution in [0.15, 0.2) is 121 Å². The average Bonchev–Trinajstić information content (AvgIpc) is 2.91. The summed E-state index contributed by atoms with van der Waals surface area (Å²) in [5, 5.41) is 9.60. The van der Waals surface area contributed by atoms with E-state index in [1.54, 1.807) is 0 Å². The number of rotatable bonds is 10. The average molecular weight is 607 g/mol. The zero-order chi connectivity index (χ0) is 23.1. The maximum atomic E-state index is 7.50. The molecule has 0 spiro atoms. The Morgan fingerprint density at radius 1 is 0.514 bits per heavy atom. The molecule has 0 saturated heterocycles. The summed E-state index contributed by atoms with van der Waals surface area (Å²) in [6.45, 7) is 6.59. The van der Waals surface area contributed by atoms with Crippen LogP contribution in [0.2, 0.25) is 0 Å². The minimum Gasteiger partial charge on any atom is -1.00 e. The molecule has 0 aliphatic heterocycles. The molecule has 1 N–H and O–H groups in total. The van der Waals surface area contributed by atoms with Crippen LogP contribution in [0.3, 0.4) is 0 Å². The van der Waals surface area contributed by atoms with Gasteiger partial charge in [0.25, 0.3) is 0 Å². The van der Waals surface area contributed by atoms with Gasteiger partial charge >= 0.3 is 30.8 Å². The van der Waals surface area contributed by atoms with Crippen LogP contribution >= 0.6 is 15.8 Å². The van der Waals surface area contributed by atoms with Crippen LogP contribution in [0.4, 0.5) is 0 Å². The molecule has 0 aliphatic carbocycles. The number of nitrogens with one attached hydrogen (secondary N) is 1. The number of halogens is 1. The van der Waals surface area contributed by atoms with Gasteiger partial charge in [-0.2, -0.15) is 0 Å². The second kappa shape index (κ2) is 18.6.